The highest BCUT2D eigenvalue weighted by atomic mass is 32.2. The number of benzene rings is 2. The van der Waals surface area contributed by atoms with Crippen LogP contribution in [0.3, 0.4) is 0 Å². The number of hydrogen-bond acceptors (Lipinski definition) is 4. The van der Waals surface area contributed by atoms with Crippen molar-refractivity contribution in [2.45, 2.75) is 44.4 Å². The van der Waals surface area contributed by atoms with Crippen LogP contribution in [0, 0.1) is 11.2 Å². The molecule has 0 saturated carbocycles. The van der Waals surface area contributed by atoms with E-state index < -0.39 is 17.6 Å². The Kier molecular flexibility index (Phi) is 5.99. The predicted molar refractivity (Wildman–Crippen MR) is 127 cm³/mol. The summed E-state index contributed by atoms with van der Waals surface area (Å²) in [6.07, 6.45) is 3.16. The molecule has 1 amide bonds. The van der Waals surface area contributed by atoms with Crippen molar-refractivity contribution in [3.8, 4) is 0 Å². The molecular weight excluding hydrogens is 423 g/mol. The molecule has 4 rings (SSSR count). The predicted octanol–water partition coefficient (Wildman–Crippen LogP) is 5.79. The highest BCUT2D eigenvalue weighted by Crippen LogP contribution is 2.46. The number of anilines is 1. The Bertz CT molecular complexity index is 1150. The van der Waals surface area contributed by atoms with Gasteiger partial charge in [-0.1, -0.05) is 38.1 Å². The lowest BCUT2D eigenvalue weighted by molar-refractivity contribution is -0.118. The Hall–Kier alpha value is -2.86. The number of dihydropyridines is 1. The van der Waals surface area contributed by atoms with Crippen molar-refractivity contribution >= 4 is 29.1 Å². The molecule has 0 fully saturated rings. The van der Waals surface area contributed by atoms with Crippen molar-refractivity contribution in [2.24, 2.45) is 5.41 Å². The van der Waals surface area contributed by atoms with Crippen LogP contribution in [-0.2, 0) is 9.59 Å². The number of thioether (sulfide) groups is 1. The minimum atomic E-state index is -0.502. The molecule has 2 N–H and O–H groups in total. The molecule has 2 aliphatic rings. The van der Waals surface area contributed by atoms with Gasteiger partial charge < -0.3 is 10.6 Å². The summed E-state index contributed by atoms with van der Waals surface area (Å²) in [7, 11) is 0. The first-order valence-electron chi connectivity index (χ1n) is 10.6. The van der Waals surface area contributed by atoms with Gasteiger partial charge in [0.2, 0.25) is 0 Å². The van der Waals surface area contributed by atoms with Crippen molar-refractivity contribution in [2.75, 3.05) is 11.6 Å². The van der Waals surface area contributed by atoms with E-state index in [1.54, 1.807) is 23.9 Å². The number of ketones is 1. The number of carbonyl (C=O) groups excluding carboxylic acids is 2. The van der Waals surface area contributed by atoms with Crippen molar-refractivity contribution in [3.63, 3.8) is 0 Å². The van der Waals surface area contributed by atoms with Gasteiger partial charge in [0.15, 0.2) is 5.78 Å². The third-order valence-corrected chi connectivity index (χ3v) is 6.80. The van der Waals surface area contributed by atoms with Gasteiger partial charge in [-0.25, -0.2) is 4.39 Å². The average molecular weight is 451 g/mol. The summed E-state index contributed by atoms with van der Waals surface area (Å²) in [4.78, 5) is 27.9. The van der Waals surface area contributed by atoms with Crippen molar-refractivity contribution in [3.05, 3.63) is 82.5 Å². The van der Waals surface area contributed by atoms with E-state index >= 15 is 0 Å². The Morgan fingerprint density at radius 3 is 2.47 bits per heavy atom. The van der Waals surface area contributed by atoms with Gasteiger partial charge in [0.1, 0.15) is 5.82 Å². The normalized spacial score (nSPS) is 20.0. The highest BCUT2D eigenvalue weighted by molar-refractivity contribution is 7.98. The van der Waals surface area contributed by atoms with Crippen LogP contribution in [0.2, 0.25) is 0 Å². The minimum absolute atomic E-state index is 0.0476. The van der Waals surface area contributed by atoms with E-state index in [0.717, 1.165) is 22.6 Å². The number of amides is 1. The number of rotatable bonds is 4. The Balaban J connectivity index is 1.81. The smallest absolute Gasteiger partial charge is 0.254 e. The van der Waals surface area contributed by atoms with Crippen LogP contribution < -0.4 is 10.6 Å². The zero-order chi connectivity index (χ0) is 23.0. The highest BCUT2D eigenvalue weighted by Gasteiger charge is 2.42. The lowest BCUT2D eigenvalue weighted by Gasteiger charge is -2.39. The fourth-order valence-electron chi connectivity index (χ4n) is 4.62. The summed E-state index contributed by atoms with van der Waals surface area (Å²) in [5.74, 6) is -1.37. The second kappa shape index (κ2) is 8.58. The third-order valence-electron chi connectivity index (χ3n) is 6.06. The van der Waals surface area contributed by atoms with E-state index in [2.05, 4.69) is 24.5 Å². The summed E-state index contributed by atoms with van der Waals surface area (Å²) >= 11 is 1.63. The molecule has 0 unspecified atom stereocenters. The largest absolute Gasteiger partial charge is 0.362 e. The van der Waals surface area contributed by atoms with Gasteiger partial charge in [-0.3, -0.25) is 9.59 Å². The van der Waals surface area contributed by atoms with E-state index in [4.69, 9.17) is 0 Å². The first kappa shape index (κ1) is 22.3. The molecule has 0 saturated heterocycles. The summed E-state index contributed by atoms with van der Waals surface area (Å²) in [6.45, 7) is 6.01. The zero-order valence-corrected chi connectivity index (χ0v) is 19.5. The molecule has 1 aliphatic heterocycles. The van der Waals surface area contributed by atoms with Crippen molar-refractivity contribution in [1.82, 2.24) is 5.32 Å². The average Bonchev–Trinajstić information content (AvgIpc) is 2.73. The molecule has 1 atom stereocenters. The Labute approximate surface area is 192 Å². The van der Waals surface area contributed by atoms with Crippen molar-refractivity contribution < 1.29 is 14.0 Å². The minimum Gasteiger partial charge on any atom is -0.362 e. The number of para-hydroxylation sites is 1. The molecule has 2 aromatic rings. The summed E-state index contributed by atoms with van der Waals surface area (Å²) < 4.78 is 14.2. The second-order valence-corrected chi connectivity index (χ2v) is 10.0. The molecule has 0 bridgehead atoms. The maximum atomic E-state index is 14.2. The van der Waals surface area contributed by atoms with Gasteiger partial charge in [0, 0.05) is 39.8 Å². The van der Waals surface area contributed by atoms with Crippen LogP contribution >= 0.6 is 11.8 Å². The fraction of sp³-hybridized carbons (Fsp3) is 0.308. The van der Waals surface area contributed by atoms with Gasteiger partial charge in [0.25, 0.3) is 5.91 Å². The van der Waals surface area contributed by atoms with Crippen LogP contribution in [0.1, 0.15) is 45.1 Å². The Morgan fingerprint density at radius 2 is 1.81 bits per heavy atom. The van der Waals surface area contributed by atoms with Gasteiger partial charge >= 0.3 is 0 Å². The van der Waals surface area contributed by atoms with E-state index in [-0.39, 0.29) is 16.9 Å². The molecule has 1 heterocycles. The monoisotopic (exact) mass is 450 g/mol. The molecule has 0 aromatic heterocycles. The van der Waals surface area contributed by atoms with Crippen LogP contribution in [0.25, 0.3) is 0 Å². The molecule has 0 radical (unpaired) electrons. The van der Waals surface area contributed by atoms with Crippen LogP contribution in [-0.4, -0.2) is 17.9 Å². The van der Waals surface area contributed by atoms with Gasteiger partial charge in [-0.05, 0) is 54.8 Å². The zero-order valence-electron chi connectivity index (χ0n) is 18.7. The number of Topliss-reactive ketones (excluding diaryl/α,β-unsaturated/α-hetero) is 1. The number of nitrogens with one attached hydrogen (secondary N) is 2. The van der Waals surface area contributed by atoms with E-state index in [9.17, 15) is 14.0 Å². The molecule has 2 aromatic carbocycles. The van der Waals surface area contributed by atoms with Gasteiger partial charge in [-0.15, -0.1) is 11.8 Å². The van der Waals surface area contributed by atoms with Gasteiger partial charge in [0.05, 0.1) is 5.69 Å². The molecular formula is C26H27FN2O2S. The van der Waals surface area contributed by atoms with E-state index in [1.807, 2.05) is 37.4 Å². The fourth-order valence-corrected chi connectivity index (χ4v) is 5.03. The van der Waals surface area contributed by atoms with Crippen molar-refractivity contribution in [1.29, 1.82) is 0 Å². The summed E-state index contributed by atoms with van der Waals surface area (Å²) in [5.41, 5.74) is 3.49. The number of carbonyl (C=O) groups is 2. The summed E-state index contributed by atoms with van der Waals surface area (Å²) in [5, 5.41) is 6.05. The third kappa shape index (κ3) is 4.24. The van der Waals surface area contributed by atoms with Crippen LogP contribution in [0.15, 0.2) is 76.0 Å². The molecule has 4 nitrogen and oxygen atoms in total. The molecule has 0 spiro atoms. The maximum Gasteiger partial charge on any atom is 0.254 e. The SMILES string of the molecule is CSc1ccc([C@H]2C(C(=O)Nc3ccccc3F)=C(C)NC3=C2C(=O)CC(C)(C)C3)cc1. The first-order chi connectivity index (χ1) is 15.2. The van der Waals surface area contributed by atoms with E-state index in [0.29, 0.717) is 23.3 Å². The standard InChI is InChI=1S/C26H27FN2O2S/c1-15-22(25(31)29-19-8-6-5-7-18(19)27)23(16-9-11-17(32-4)12-10-16)24-20(28-15)13-26(2,3)14-21(24)30/h5-12,23,28H,13-14H2,1-4H3,(H,29,31)/t23-/m0/s1. The number of hydrogen-bond donors (Lipinski definition) is 2. The molecule has 6 heteroatoms. The second-order valence-electron chi connectivity index (χ2n) is 9.14. The quantitative estimate of drug-likeness (QED) is 0.579. The van der Waals surface area contributed by atoms with Crippen LogP contribution in [0.4, 0.5) is 10.1 Å². The van der Waals surface area contributed by atoms with Crippen LogP contribution in [0.5, 0.6) is 0 Å². The molecule has 1 aliphatic carbocycles. The number of allylic oxidation sites excluding steroid dienone is 3. The maximum absolute atomic E-state index is 14.2. The molecule has 32 heavy (non-hydrogen) atoms. The number of halogens is 1. The van der Waals surface area contributed by atoms with E-state index in [1.165, 1.54) is 12.1 Å². The lowest BCUT2D eigenvalue weighted by Crippen LogP contribution is -2.39. The molecule has 166 valence electrons. The topological polar surface area (TPSA) is 58.2 Å². The van der Waals surface area contributed by atoms with Gasteiger partial charge in [-0.2, -0.15) is 0 Å². The first-order valence-corrected chi connectivity index (χ1v) is 11.9. The Morgan fingerprint density at radius 1 is 1.12 bits per heavy atom. The summed E-state index contributed by atoms with van der Waals surface area (Å²) in [6, 6.07) is 14.0. The lowest BCUT2D eigenvalue weighted by atomic mass is 9.68.